The molecule has 1 saturated heterocycles. The molecule has 0 aliphatic carbocycles. The molecular weight excluding hydrogens is 430 g/mol. The standard InChI is InChI=1S/C23H21N3O3S2/c1-4-11-26-22(28)18(31-23(26)30)13-16-20(29-17-9-7-8-14(2)15(17)3)24-19-10-5-6-12-25(19)21(16)27/h5-10,12-13H,4,11H2,1-3H3/b18-13+. The molecule has 0 radical (unpaired) electrons. The van der Waals surface area contributed by atoms with Gasteiger partial charge in [-0.25, -0.2) is 0 Å². The van der Waals surface area contributed by atoms with Gasteiger partial charge in [-0.05, 0) is 55.7 Å². The topological polar surface area (TPSA) is 63.9 Å². The summed E-state index contributed by atoms with van der Waals surface area (Å²) in [4.78, 5) is 32.7. The van der Waals surface area contributed by atoms with Gasteiger partial charge in [0.1, 0.15) is 21.3 Å². The lowest BCUT2D eigenvalue weighted by molar-refractivity contribution is -0.122. The van der Waals surface area contributed by atoms with Crippen LogP contribution in [0.5, 0.6) is 11.6 Å². The average Bonchev–Trinajstić information content (AvgIpc) is 3.02. The maximum atomic E-state index is 13.3. The van der Waals surface area contributed by atoms with Crippen LogP contribution in [0.15, 0.2) is 52.3 Å². The van der Waals surface area contributed by atoms with Gasteiger partial charge in [0.2, 0.25) is 5.88 Å². The molecule has 1 amide bonds. The van der Waals surface area contributed by atoms with Crippen LogP contribution in [-0.4, -0.2) is 31.1 Å². The molecule has 0 atom stereocenters. The number of aryl methyl sites for hydroxylation is 1. The molecule has 1 fully saturated rings. The molecular formula is C23H21N3O3S2. The lowest BCUT2D eigenvalue weighted by atomic mass is 10.1. The molecule has 0 N–H and O–H groups in total. The molecule has 0 spiro atoms. The van der Waals surface area contributed by atoms with Crippen LogP contribution in [-0.2, 0) is 4.79 Å². The van der Waals surface area contributed by atoms with Crippen LogP contribution in [0.4, 0.5) is 0 Å². The Morgan fingerprint density at radius 3 is 2.74 bits per heavy atom. The molecule has 1 aromatic carbocycles. The Morgan fingerprint density at radius 2 is 1.97 bits per heavy atom. The number of thiocarbonyl (C=S) groups is 1. The van der Waals surface area contributed by atoms with Gasteiger partial charge in [-0.3, -0.25) is 18.9 Å². The van der Waals surface area contributed by atoms with Crippen molar-refractivity contribution in [2.75, 3.05) is 6.54 Å². The third kappa shape index (κ3) is 4.00. The van der Waals surface area contributed by atoms with Crippen LogP contribution in [0, 0.1) is 13.8 Å². The van der Waals surface area contributed by atoms with Crippen molar-refractivity contribution in [3.8, 4) is 11.6 Å². The Kier molecular flexibility index (Phi) is 5.93. The predicted molar refractivity (Wildman–Crippen MR) is 128 cm³/mol. The number of aromatic nitrogens is 2. The first kappa shape index (κ1) is 21.3. The number of fused-ring (bicyclic) bond motifs is 1. The summed E-state index contributed by atoms with van der Waals surface area (Å²) in [5.74, 6) is 0.568. The number of benzene rings is 1. The first-order valence-corrected chi connectivity index (χ1v) is 11.1. The number of nitrogens with zero attached hydrogens (tertiary/aromatic N) is 3. The third-order valence-corrected chi connectivity index (χ3v) is 6.47. The summed E-state index contributed by atoms with van der Waals surface area (Å²) in [6.45, 7) is 6.47. The smallest absolute Gasteiger partial charge is 0.269 e. The summed E-state index contributed by atoms with van der Waals surface area (Å²) in [6, 6.07) is 11.0. The van der Waals surface area contributed by atoms with E-state index in [2.05, 4.69) is 4.98 Å². The van der Waals surface area contributed by atoms with E-state index in [4.69, 9.17) is 17.0 Å². The molecule has 3 heterocycles. The molecule has 6 nitrogen and oxygen atoms in total. The second-order valence-electron chi connectivity index (χ2n) is 7.20. The zero-order valence-corrected chi connectivity index (χ0v) is 19.0. The van der Waals surface area contributed by atoms with Gasteiger partial charge in [-0.15, -0.1) is 0 Å². The zero-order valence-electron chi connectivity index (χ0n) is 17.4. The van der Waals surface area contributed by atoms with E-state index in [1.54, 1.807) is 35.4 Å². The fourth-order valence-electron chi connectivity index (χ4n) is 3.27. The Morgan fingerprint density at radius 1 is 1.16 bits per heavy atom. The molecule has 3 aromatic rings. The van der Waals surface area contributed by atoms with Crippen molar-refractivity contribution in [2.24, 2.45) is 0 Å². The number of hydrogen-bond donors (Lipinski definition) is 0. The minimum atomic E-state index is -0.313. The van der Waals surface area contributed by atoms with Crippen LogP contribution in [0.3, 0.4) is 0 Å². The summed E-state index contributed by atoms with van der Waals surface area (Å²) < 4.78 is 8.05. The monoisotopic (exact) mass is 451 g/mol. The molecule has 1 aliphatic heterocycles. The van der Waals surface area contributed by atoms with Gasteiger partial charge >= 0.3 is 0 Å². The maximum Gasteiger partial charge on any atom is 0.269 e. The minimum Gasteiger partial charge on any atom is -0.438 e. The molecule has 2 aromatic heterocycles. The average molecular weight is 452 g/mol. The normalized spacial score (nSPS) is 15.3. The quantitative estimate of drug-likeness (QED) is 0.413. The molecule has 1 aliphatic rings. The summed E-state index contributed by atoms with van der Waals surface area (Å²) in [6.07, 6.45) is 3.98. The third-order valence-electron chi connectivity index (χ3n) is 5.09. The molecule has 8 heteroatoms. The SMILES string of the molecule is CCCN1C(=O)/C(=C\c2c(Oc3cccc(C)c3C)nc3ccccn3c2=O)SC1=S. The highest BCUT2D eigenvalue weighted by Crippen LogP contribution is 2.34. The summed E-state index contributed by atoms with van der Waals surface area (Å²) in [7, 11) is 0. The Hall–Kier alpha value is -2.97. The lowest BCUT2D eigenvalue weighted by Crippen LogP contribution is -2.28. The van der Waals surface area contributed by atoms with Gasteiger partial charge in [-0.1, -0.05) is 49.1 Å². The Balaban J connectivity index is 1.87. The van der Waals surface area contributed by atoms with E-state index in [9.17, 15) is 9.59 Å². The number of thioether (sulfide) groups is 1. The number of pyridine rings is 1. The molecule has 31 heavy (non-hydrogen) atoms. The van der Waals surface area contributed by atoms with Gasteiger partial charge in [0.05, 0.1) is 4.91 Å². The van der Waals surface area contributed by atoms with E-state index in [0.717, 1.165) is 17.5 Å². The van der Waals surface area contributed by atoms with E-state index >= 15 is 0 Å². The number of carbonyl (C=O) groups is 1. The molecule has 0 bridgehead atoms. The van der Waals surface area contributed by atoms with E-state index in [1.807, 2.05) is 39.0 Å². The second kappa shape index (κ2) is 8.64. The Bertz CT molecular complexity index is 1300. The van der Waals surface area contributed by atoms with Crippen LogP contribution < -0.4 is 10.3 Å². The van der Waals surface area contributed by atoms with E-state index in [-0.39, 0.29) is 22.9 Å². The summed E-state index contributed by atoms with van der Waals surface area (Å²) in [5, 5.41) is 0. The first-order valence-electron chi connectivity index (χ1n) is 9.91. The highest BCUT2D eigenvalue weighted by atomic mass is 32.2. The van der Waals surface area contributed by atoms with Gasteiger partial charge < -0.3 is 4.74 Å². The van der Waals surface area contributed by atoms with Crippen molar-refractivity contribution in [1.82, 2.24) is 14.3 Å². The lowest BCUT2D eigenvalue weighted by Gasteiger charge is -2.13. The van der Waals surface area contributed by atoms with E-state index in [1.165, 1.54) is 16.2 Å². The number of carbonyl (C=O) groups excluding carboxylic acids is 1. The molecule has 0 unspecified atom stereocenters. The minimum absolute atomic E-state index is 0.158. The van der Waals surface area contributed by atoms with Crippen LogP contribution in [0.1, 0.15) is 30.0 Å². The number of hydrogen-bond acceptors (Lipinski definition) is 6. The van der Waals surface area contributed by atoms with Crippen LogP contribution in [0.2, 0.25) is 0 Å². The number of ether oxygens (including phenoxy) is 1. The zero-order chi connectivity index (χ0) is 22.1. The molecule has 4 rings (SSSR count). The molecule has 0 saturated carbocycles. The summed E-state index contributed by atoms with van der Waals surface area (Å²) >= 11 is 6.54. The number of rotatable bonds is 5. The van der Waals surface area contributed by atoms with Crippen molar-refractivity contribution in [1.29, 1.82) is 0 Å². The Labute approximate surface area is 189 Å². The van der Waals surface area contributed by atoms with Crippen molar-refractivity contribution in [3.05, 3.63) is 74.5 Å². The van der Waals surface area contributed by atoms with Gasteiger partial charge in [0.25, 0.3) is 11.5 Å². The predicted octanol–water partition coefficient (Wildman–Crippen LogP) is 4.71. The van der Waals surface area contributed by atoms with Gasteiger partial charge in [0, 0.05) is 12.7 Å². The highest BCUT2D eigenvalue weighted by molar-refractivity contribution is 8.26. The van der Waals surface area contributed by atoms with Gasteiger partial charge in [-0.2, -0.15) is 4.98 Å². The summed E-state index contributed by atoms with van der Waals surface area (Å²) in [5.41, 5.74) is 2.38. The number of amides is 1. The molecule has 158 valence electrons. The van der Waals surface area contributed by atoms with E-state index < -0.39 is 0 Å². The van der Waals surface area contributed by atoms with Crippen molar-refractivity contribution < 1.29 is 9.53 Å². The van der Waals surface area contributed by atoms with Crippen molar-refractivity contribution in [3.63, 3.8) is 0 Å². The van der Waals surface area contributed by atoms with Crippen LogP contribution >= 0.6 is 24.0 Å². The van der Waals surface area contributed by atoms with Gasteiger partial charge in [0.15, 0.2) is 0 Å². The van der Waals surface area contributed by atoms with Crippen LogP contribution in [0.25, 0.3) is 11.7 Å². The fraction of sp³-hybridized carbons (Fsp3) is 0.217. The van der Waals surface area contributed by atoms with Crippen molar-refractivity contribution in [2.45, 2.75) is 27.2 Å². The van der Waals surface area contributed by atoms with E-state index in [0.29, 0.717) is 27.2 Å². The largest absolute Gasteiger partial charge is 0.438 e. The maximum absolute atomic E-state index is 13.3. The second-order valence-corrected chi connectivity index (χ2v) is 8.87. The van der Waals surface area contributed by atoms with Crippen molar-refractivity contribution >= 4 is 45.9 Å². The fourth-order valence-corrected chi connectivity index (χ4v) is 4.56. The first-order chi connectivity index (χ1) is 14.9. The highest BCUT2D eigenvalue weighted by Gasteiger charge is 2.32.